The molecule has 0 fully saturated rings. The molecular formula is C14H18BrFO2. The minimum atomic E-state index is -0.933. The van der Waals surface area contributed by atoms with Crippen LogP contribution in [0.15, 0.2) is 22.7 Å². The van der Waals surface area contributed by atoms with Crippen LogP contribution in [0.25, 0.3) is 0 Å². The van der Waals surface area contributed by atoms with Gasteiger partial charge in [-0.15, -0.1) is 0 Å². The van der Waals surface area contributed by atoms with E-state index in [0.717, 1.165) is 12.8 Å². The standard InChI is InChI=1S/C14H18BrFO2/c1-3-9(4-2)14(18)13(17)7-10-5-6-11(16)8-12(10)15/h5-6,8-9,14,18H,3-4,7H2,1-2H3. The molecule has 0 heterocycles. The van der Waals surface area contributed by atoms with Gasteiger partial charge in [0, 0.05) is 10.9 Å². The van der Waals surface area contributed by atoms with E-state index in [2.05, 4.69) is 15.9 Å². The van der Waals surface area contributed by atoms with Crippen molar-refractivity contribution >= 4 is 21.7 Å². The van der Waals surface area contributed by atoms with Gasteiger partial charge in [0.15, 0.2) is 5.78 Å². The molecule has 0 radical (unpaired) electrons. The van der Waals surface area contributed by atoms with Crippen molar-refractivity contribution in [1.29, 1.82) is 0 Å². The zero-order valence-electron chi connectivity index (χ0n) is 10.6. The Hall–Kier alpha value is -0.740. The van der Waals surface area contributed by atoms with Crippen LogP contribution in [-0.2, 0) is 11.2 Å². The van der Waals surface area contributed by atoms with Gasteiger partial charge >= 0.3 is 0 Å². The third kappa shape index (κ3) is 3.89. The van der Waals surface area contributed by atoms with Crippen molar-refractivity contribution in [3.8, 4) is 0 Å². The van der Waals surface area contributed by atoms with Crippen LogP contribution >= 0.6 is 15.9 Å². The number of Topliss-reactive ketones (excluding diaryl/α,β-unsaturated/α-hetero) is 1. The Kier molecular flexibility index (Phi) is 5.96. The number of carbonyl (C=O) groups excluding carboxylic acids is 1. The van der Waals surface area contributed by atoms with Crippen molar-refractivity contribution in [2.75, 3.05) is 0 Å². The molecule has 2 nitrogen and oxygen atoms in total. The predicted octanol–water partition coefficient (Wildman–Crippen LogP) is 3.50. The first-order valence-corrected chi connectivity index (χ1v) is 6.93. The van der Waals surface area contributed by atoms with Gasteiger partial charge in [0.2, 0.25) is 0 Å². The second-order valence-corrected chi connectivity index (χ2v) is 5.25. The molecule has 0 bridgehead atoms. The minimum absolute atomic E-state index is 0.00303. The molecule has 0 saturated heterocycles. The molecule has 0 aliphatic heterocycles. The first-order chi connectivity index (χ1) is 8.49. The maximum atomic E-state index is 12.9. The number of hydrogen-bond donors (Lipinski definition) is 1. The fraction of sp³-hybridized carbons (Fsp3) is 0.500. The Morgan fingerprint density at radius 1 is 1.39 bits per heavy atom. The Morgan fingerprint density at radius 2 is 2.00 bits per heavy atom. The molecule has 18 heavy (non-hydrogen) atoms. The molecule has 1 aromatic rings. The summed E-state index contributed by atoms with van der Waals surface area (Å²) in [7, 11) is 0. The average molecular weight is 317 g/mol. The second-order valence-electron chi connectivity index (χ2n) is 4.40. The highest BCUT2D eigenvalue weighted by atomic mass is 79.9. The van der Waals surface area contributed by atoms with Crippen molar-refractivity contribution < 1.29 is 14.3 Å². The lowest BCUT2D eigenvalue weighted by Crippen LogP contribution is -2.30. The van der Waals surface area contributed by atoms with Gasteiger partial charge in [-0.2, -0.15) is 0 Å². The van der Waals surface area contributed by atoms with Crippen molar-refractivity contribution in [2.24, 2.45) is 5.92 Å². The van der Waals surface area contributed by atoms with Gasteiger partial charge in [-0.05, 0) is 23.6 Å². The van der Waals surface area contributed by atoms with Crippen LogP contribution < -0.4 is 0 Å². The summed E-state index contributed by atoms with van der Waals surface area (Å²) in [6, 6.07) is 4.21. The van der Waals surface area contributed by atoms with Gasteiger partial charge in [0.25, 0.3) is 0 Å². The van der Waals surface area contributed by atoms with Crippen molar-refractivity contribution in [3.63, 3.8) is 0 Å². The summed E-state index contributed by atoms with van der Waals surface area (Å²) in [4.78, 5) is 11.9. The van der Waals surface area contributed by atoms with E-state index in [1.807, 2.05) is 13.8 Å². The highest BCUT2D eigenvalue weighted by Gasteiger charge is 2.23. The van der Waals surface area contributed by atoms with E-state index in [1.165, 1.54) is 12.1 Å². The molecule has 1 N–H and O–H groups in total. The largest absolute Gasteiger partial charge is 0.385 e. The lowest BCUT2D eigenvalue weighted by Gasteiger charge is -2.19. The van der Waals surface area contributed by atoms with Crippen LogP contribution in [0, 0.1) is 11.7 Å². The highest BCUT2D eigenvalue weighted by molar-refractivity contribution is 9.10. The highest BCUT2D eigenvalue weighted by Crippen LogP contribution is 2.21. The monoisotopic (exact) mass is 316 g/mol. The minimum Gasteiger partial charge on any atom is -0.385 e. The third-order valence-electron chi connectivity index (χ3n) is 3.20. The van der Waals surface area contributed by atoms with Gasteiger partial charge in [0.1, 0.15) is 11.9 Å². The van der Waals surface area contributed by atoms with Gasteiger partial charge in [0.05, 0.1) is 0 Å². The first-order valence-electron chi connectivity index (χ1n) is 6.14. The summed E-state index contributed by atoms with van der Waals surface area (Å²) in [6.07, 6.45) is 0.734. The van der Waals surface area contributed by atoms with Crippen molar-refractivity contribution in [2.45, 2.75) is 39.2 Å². The SMILES string of the molecule is CCC(CC)C(O)C(=O)Cc1ccc(F)cc1Br. The summed E-state index contributed by atoms with van der Waals surface area (Å²) in [5.41, 5.74) is 0.700. The van der Waals surface area contributed by atoms with E-state index in [0.29, 0.717) is 10.0 Å². The first kappa shape index (κ1) is 15.3. The van der Waals surface area contributed by atoms with Gasteiger partial charge in [-0.25, -0.2) is 4.39 Å². The number of aliphatic hydroxyl groups excluding tert-OH is 1. The van der Waals surface area contributed by atoms with Crippen LogP contribution in [0.2, 0.25) is 0 Å². The van der Waals surface area contributed by atoms with E-state index in [1.54, 1.807) is 6.07 Å². The normalized spacial score (nSPS) is 12.8. The van der Waals surface area contributed by atoms with E-state index in [-0.39, 0.29) is 23.9 Å². The van der Waals surface area contributed by atoms with Crippen molar-refractivity contribution in [1.82, 2.24) is 0 Å². The van der Waals surface area contributed by atoms with Crippen LogP contribution in [0.5, 0.6) is 0 Å². The van der Waals surface area contributed by atoms with E-state index in [9.17, 15) is 14.3 Å². The van der Waals surface area contributed by atoms with Crippen molar-refractivity contribution in [3.05, 3.63) is 34.1 Å². The predicted molar refractivity (Wildman–Crippen MR) is 72.9 cm³/mol. The van der Waals surface area contributed by atoms with E-state index < -0.39 is 6.10 Å². The van der Waals surface area contributed by atoms with Gasteiger partial charge < -0.3 is 5.11 Å². The molecule has 0 amide bonds. The Labute approximate surface area is 115 Å². The summed E-state index contributed by atoms with van der Waals surface area (Å²) in [6.45, 7) is 3.91. The Bertz CT molecular complexity index is 416. The molecule has 1 unspecified atom stereocenters. The molecule has 0 aliphatic rings. The van der Waals surface area contributed by atoms with Crippen LogP contribution in [0.1, 0.15) is 32.3 Å². The van der Waals surface area contributed by atoms with Gasteiger partial charge in [-0.3, -0.25) is 4.79 Å². The number of aliphatic hydroxyl groups is 1. The van der Waals surface area contributed by atoms with Gasteiger partial charge in [-0.1, -0.05) is 48.7 Å². The molecule has 1 atom stereocenters. The zero-order valence-corrected chi connectivity index (χ0v) is 12.2. The molecule has 0 aliphatic carbocycles. The lowest BCUT2D eigenvalue weighted by molar-refractivity contribution is -0.129. The van der Waals surface area contributed by atoms with E-state index >= 15 is 0 Å². The number of rotatable bonds is 6. The fourth-order valence-corrected chi connectivity index (χ4v) is 2.45. The number of ketones is 1. The fourth-order valence-electron chi connectivity index (χ4n) is 1.96. The molecular weight excluding hydrogens is 299 g/mol. The maximum absolute atomic E-state index is 12.9. The average Bonchev–Trinajstić information content (AvgIpc) is 2.34. The molecule has 1 rings (SSSR count). The zero-order chi connectivity index (χ0) is 13.7. The number of halogens is 2. The quantitative estimate of drug-likeness (QED) is 0.872. The van der Waals surface area contributed by atoms with E-state index in [4.69, 9.17) is 0 Å². The second kappa shape index (κ2) is 7.00. The lowest BCUT2D eigenvalue weighted by atomic mass is 9.91. The molecule has 4 heteroatoms. The Morgan fingerprint density at radius 3 is 2.50 bits per heavy atom. The molecule has 0 spiro atoms. The smallest absolute Gasteiger partial charge is 0.165 e. The number of benzene rings is 1. The number of hydrogen-bond acceptors (Lipinski definition) is 2. The van der Waals surface area contributed by atoms with Crippen LogP contribution in [0.4, 0.5) is 4.39 Å². The third-order valence-corrected chi connectivity index (χ3v) is 3.94. The maximum Gasteiger partial charge on any atom is 0.165 e. The summed E-state index contributed by atoms with van der Waals surface area (Å²) < 4.78 is 13.5. The van der Waals surface area contributed by atoms with Crippen LogP contribution in [0.3, 0.4) is 0 Å². The molecule has 0 saturated carbocycles. The number of carbonyl (C=O) groups is 1. The molecule has 1 aromatic carbocycles. The summed E-state index contributed by atoms with van der Waals surface area (Å²) >= 11 is 3.22. The Balaban J connectivity index is 2.75. The summed E-state index contributed by atoms with van der Waals surface area (Å²) in [5, 5.41) is 9.95. The molecule has 0 aromatic heterocycles. The molecule has 100 valence electrons. The topological polar surface area (TPSA) is 37.3 Å². The van der Waals surface area contributed by atoms with Crippen LogP contribution in [-0.4, -0.2) is 17.0 Å². The summed E-state index contributed by atoms with van der Waals surface area (Å²) in [5.74, 6) is -0.564.